The molecule has 1 rings (SSSR count). The third-order valence-corrected chi connectivity index (χ3v) is 3.42. The van der Waals surface area contributed by atoms with Gasteiger partial charge in [0.2, 0.25) is 5.91 Å². The first-order chi connectivity index (χ1) is 9.99. The van der Waals surface area contributed by atoms with Crippen LogP contribution >= 0.6 is 0 Å². The number of nitrogens with zero attached hydrogens (tertiary/aromatic N) is 1. The van der Waals surface area contributed by atoms with Gasteiger partial charge in [0, 0.05) is 26.6 Å². The van der Waals surface area contributed by atoms with Crippen LogP contribution in [0, 0.1) is 0 Å². The molecule has 1 N–H and O–H groups in total. The number of benzene rings is 1. The Morgan fingerprint density at radius 3 is 2.48 bits per heavy atom. The Bertz CT molecular complexity index is 461. The molecule has 1 unspecified atom stereocenters. The van der Waals surface area contributed by atoms with Crippen molar-refractivity contribution in [2.75, 3.05) is 34.9 Å². The Morgan fingerprint density at radius 1 is 1.24 bits per heavy atom. The van der Waals surface area contributed by atoms with Crippen molar-refractivity contribution >= 4 is 5.91 Å². The fourth-order valence-corrected chi connectivity index (χ4v) is 2.02. The molecule has 1 aromatic rings. The molecule has 0 fully saturated rings. The maximum Gasteiger partial charge on any atom is 0.222 e. The van der Waals surface area contributed by atoms with Crippen molar-refractivity contribution in [3.63, 3.8) is 0 Å². The van der Waals surface area contributed by atoms with Gasteiger partial charge in [-0.2, -0.15) is 0 Å². The van der Waals surface area contributed by atoms with Gasteiger partial charge in [0.05, 0.1) is 14.2 Å². The first-order valence-corrected chi connectivity index (χ1v) is 7.15. The zero-order valence-electron chi connectivity index (χ0n) is 13.6. The van der Waals surface area contributed by atoms with Gasteiger partial charge < -0.3 is 19.7 Å². The minimum absolute atomic E-state index is 0.163. The number of nitrogens with one attached hydrogen (secondary N) is 1. The van der Waals surface area contributed by atoms with Crippen LogP contribution in [0.2, 0.25) is 0 Å². The summed E-state index contributed by atoms with van der Waals surface area (Å²) in [5.74, 6) is 1.62. The highest BCUT2D eigenvalue weighted by molar-refractivity contribution is 5.75. The van der Waals surface area contributed by atoms with Gasteiger partial charge in [0.1, 0.15) is 0 Å². The molecule has 0 aromatic heterocycles. The first kappa shape index (κ1) is 17.3. The molecule has 0 aliphatic carbocycles. The molecule has 1 atom stereocenters. The van der Waals surface area contributed by atoms with Gasteiger partial charge in [-0.3, -0.25) is 4.79 Å². The number of methoxy groups -OCH3 is 2. The predicted octanol–water partition coefficient (Wildman–Crippen LogP) is 2.22. The lowest BCUT2D eigenvalue weighted by atomic mass is 10.1. The van der Waals surface area contributed by atoms with Crippen LogP contribution in [0.25, 0.3) is 0 Å². The van der Waals surface area contributed by atoms with Crippen LogP contribution < -0.4 is 14.8 Å². The van der Waals surface area contributed by atoms with Gasteiger partial charge in [-0.1, -0.05) is 6.07 Å². The van der Waals surface area contributed by atoms with Gasteiger partial charge in [0.15, 0.2) is 11.5 Å². The Morgan fingerprint density at radius 2 is 1.90 bits per heavy atom. The number of rotatable bonds is 8. The molecule has 0 heterocycles. The van der Waals surface area contributed by atoms with Gasteiger partial charge in [-0.15, -0.1) is 0 Å². The molecule has 0 spiro atoms. The van der Waals surface area contributed by atoms with Crippen LogP contribution in [-0.2, 0) is 4.79 Å². The zero-order chi connectivity index (χ0) is 15.8. The van der Waals surface area contributed by atoms with Crippen molar-refractivity contribution < 1.29 is 14.3 Å². The second-order valence-electron chi connectivity index (χ2n) is 5.18. The molecule has 0 saturated carbocycles. The smallest absolute Gasteiger partial charge is 0.222 e. The third kappa shape index (κ3) is 5.27. The van der Waals surface area contributed by atoms with E-state index in [0.717, 1.165) is 30.0 Å². The monoisotopic (exact) mass is 294 g/mol. The molecule has 1 aromatic carbocycles. The SMILES string of the molecule is COc1ccc(C(C)NCCCC(=O)N(C)C)cc1OC. The normalized spacial score (nSPS) is 11.9. The second-order valence-corrected chi connectivity index (χ2v) is 5.18. The number of amides is 1. The molecular weight excluding hydrogens is 268 g/mol. The maximum atomic E-state index is 11.5. The number of hydrogen-bond acceptors (Lipinski definition) is 4. The lowest BCUT2D eigenvalue weighted by Gasteiger charge is -2.17. The number of ether oxygens (including phenoxy) is 2. The number of hydrogen-bond donors (Lipinski definition) is 1. The summed E-state index contributed by atoms with van der Waals surface area (Å²) in [5.41, 5.74) is 1.13. The van der Waals surface area contributed by atoms with E-state index in [4.69, 9.17) is 9.47 Å². The number of carbonyl (C=O) groups excluding carboxylic acids is 1. The molecular formula is C16H26N2O3. The summed E-state index contributed by atoms with van der Waals surface area (Å²) in [5, 5.41) is 3.41. The molecule has 0 radical (unpaired) electrons. The summed E-state index contributed by atoms with van der Waals surface area (Å²) in [6, 6.07) is 6.09. The summed E-state index contributed by atoms with van der Waals surface area (Å²) in [7, 11) is 6.82. The standard InChI is InChI=1S/C16H26N2O3/c1-12(17-10-6-7-16(19)18(2)3)13-8-9-14(20-4)15(11-13)21-5/h8-9,11-12,17H,6-7,10H2,1-5H3. The Hall–Kier alpha value is -1.75. The average molecular weight is 294 g/mol. The van der Waals surface area contributed by atoms with E-state index >= 15 is 0 Å². The molecule has 5 nitrogen and oxygen atoms in total. The summed E-state index contributed by atoms with van der Waals surface area (Å²) < 4.78 is 10.5. The van der Waals surface area contributed by atoms with E-state index in [1.807, 2.05) is 18.2 Å². The molecule has 1 amide bonds. The zero-order valence-corrected chi connectivity index (χ0v) is 13.6. The molecule has 0 bridgehead atoms. The van der Waals surface area contributed by atoms with E-state index in [1.165, 1.54) is 0 Å². The highest BCUT2D eigenvalue weighted by Gasteiger charge is 2.10. The lowest BCUT2D eigenvalue weighted by molar-refractivity contribution is -0.128. The topological polar surface area (TPSA) is 50.8 Å². The van der Waals surface area contributed by atoms with Gasteiger partial charge in [-0.25, -0.2) is 0 Å². The van der Waals surface area contributed by atoms with Crippen molar-refractivity contribution in [2.45, 2.75) is 25.8 Å². The van der Waals surface area contributed by atoms with Gasteiger partial charge in [0.25, 0.3) is 0 Å². The van der Waals surface area contributed by atoms with Crippen molar-refractivity contribution in [3.8, 4) is 11.5 Å². The third-order valence-electron chi connectivity index (χ3n) is 3.42. The highest BCUT2D eigenvalue weighted by Crippen LogP contribution is 2.29. The van der Waals surface area contributed by atoms with Crippen LogP contribution in [0.3, 0.4) is 0 Å². The number of carbonyl (C=O) groups is 1. The minimum Gasteiger partial charge on any atom is -0.493 e. The van der Waals surface area contributed by atoms with E-state index in [9.17, 15) is 4.79 Å². The lowest BCUT2D eigenvalue weighted by Crippen LogP contribution is -2.24. The van der Waals surface area contributed by atoms with E-state index in [2.05, 4.69) is 12.2 Å². The minimum atomic E-state index is 0.163. The molecule has 0 saturated heterocycles. The van der Waals surface area contributed by atoms with E-state index in [-0.39, 0.29) is 11.9 Å². The van der Waals surface area contributed by atoms with Crippen LogP contribution in [0.4, 0.5) is 0 Å². The van der Waals surface area contributed by atoms with E-state index in [0.29, 0.717) is 6.42 Å². The molecule has 21 heavy (non-hydrogen) atoms. The van der Waals surface area contributed by atoms with E-state index < -0.39 is 0 Å². The van der Waals surface area contributed by atoms with E-state index in [1.54, 1.807) is 33.2 Å². The quantitative estimate of drug-likeness (QED) is 0.747. The fraction of sp³-hybridized carbons (Fsp3) is 0.562. The van der Waals surface area contributed by atoms with Crippen LogP contribution in [-0.4, -0.2) is 45.7 Å². The Balaban J connectivity index is 2.48. The predicted molar refractivity (Wildman–Crippen MR) is 83.9 cm³/mol. The summed E-state index contributed by atoms with van der Waals surface area (Å²) in [6.45, 7) is 2.89. The first-order valence-electron chi connectivity index (χ1n) is 7.15. The van der Waals surface area contributed by atoms with Crippen molar-refractivity contribution in [2.24, 2.45) is 0 Å². The molecule has 5 heteroatoms. The largest absolute Gasteiger partial charge is 0.493 e. The molecule has 118 valence electrons. The summed E-state index contributed by atoms with van der Waals surface area (Å²) in [6.07, 6.45) is 1.40. The Labute approximate surface area is 127 Å². The van der Waals surface area contributed by atoms with Crippen molar-refractivity contribution in [1.82, 2.24) is 10.2 Å². The summed E-state index contributed by atoms with van der Waals surface area (Å²) in [4.78, 5) is 13.1. The maximum absolute atomic E-state index is 11.5. The average Bonchev–Trinajstić information content (AvgIpc) is 2.50. The highest BCUT2D eigenvalue weighted by atomic mass is 16.5. The van der Waals surface area contributed by atoms with Crippen LogP contribution in [0.5, 0.6) is 11.5 Å². The van der Waals surface area contributed by atoms with Crippen molar-refractivity contribution in [3.05, 3.63) is 23.8 Å². The molecule has 0 aliphatic rings. The van der Waals surface area contributed by atoms with Crippen LogP contribution in [0.1, 0.15) is 31.4 Å². The van der Waals surface area contributed by atoms with Crippen molar-refractivity contribution in [1.29, 1.82) is 0 Å². The molecule has 0 aliphatic heterocycles. The summed E-state index contributed by atoms with van der Waals surface area (Å²) >= 11 is 0. The van der Waals surface area contributed by atoms with Gasteiger partial charge in [-0.05, 0) is 37.6 Å². The fourth-order valence-electron chi connectivity index (χ4n) is 2.02. The second kappa shape index (κ2) is 8.52. The van der Waals surface area contributed by atoms with Crippen LogP contribution in [0.15, 0.2) is 18.2 Å². The Kier molecular flexibility index (Phi) is 7.02. The van der Waals surface area contributed by atoms with Gasteiger partial charge >= 0.3 is 0 Å².